The summed E-state index contributed by atoms with van der Waals surface area (Å²) in [5.74, 6) is 0.240. The second-order valence-electron chi connectivity index (χ2n) is 3.90. The Balaban J connectivity index is 2.17. The summed E-state index contributed by atoms with van der Waals surface area (Å²) in [5.41, 5.74) is 1.04. The number of hydrogen-bond donors (Lipinski definition) is 0. The average molecular weight is 281 g/mol. The highest BCUT2D eigenvalue weighted by atomic mass is 79.9. The van der Waals surface area contributed by atoms with Gasteiger partial charge in [0.15, 0.2) is 0 Å². The van der Waals surface area contributed by atoms with Gasteiger partial charge in [0.25, 0.3) is 0 Å². The van der Waals surface area contributed by atoms with E-state index in [2.05, 4.69) is 22.5 Å². The zero-order chi connectivity index (χ0) is 11.5. The highest BCUT2D eigenvalue weighted by Crippen LogP contribution is 2.30. The van der Waals surface area contributed by atoms with E-state index in [1.165, 1.54) is 0 Å². The van der Waals surface area contributed by atoms with Crippen molar-refractivity contribution in [3.63, 3.8) is 0 Å². The lowest BCUT2D eigenvalue weighted by Gasteiger charge is -2.27. The van der Waals surface area contributed by atoms with Crippen LogP contribution in [-0.2, 0) is 9.53 Å². The number of rotatable bonds is 2. The smallest absolute Gasteiger partial charge is 0.138 e. The van der Waals surface area contributed by atoms with Gasteiger partial charge >= 0.3 is 0 Å². The highest BCUT2D eigenvalue weighted by molar-refractivity contribution is 9.10. The molecule has 0 aromatic heterocycles. The Morgan fingerprint density at radius 3 is 2.62 bits per heavy atom. The molecular weight excluding hydrogens is 268 g/mol. The lowest BCUT2D eigenvalue weighted by atomic mass is 9.97. The molecule has 1 aliphatic heterocycles. The van der Waals surface area contributed by atoms with Gasteiger partial charge in [-0.1, -0.05) is 34.1 Å². The molecule has 0 N–H and O–H groups in total. The molecule has 1 aromatic carbocycles. The lowest BCUT2D eigenvalue weighted by molar-refractivity contribution is -0.132. The number of hydrogen-bond acceptors (Lipinski definition) is 2. The molecule has 1 aliphatic rings. The number of benzene rings is 1. The normalized spacial score (nSPS) is 25.4. The third kappa shape index (κ3) is 2.60. The molecule has 84 valence electrons. The van der Waals surface area contributed by atoms with E-state index in [9.17, 15) is 4.79 Å². The largest absolute Gasteiger partial charge is 0.365 e. The van der Waals surface area contributed by atoms with Gasteiger partial charge < -0.3 is 4.74 Å². The predicted molar refractivity (Wildman–Crippen MR) is 66.2 cm³/mol. The molecule has 0 spiro atoms. The minimum Gasteiger partial charge on any atom is -0.365 e. The van der Waals surface area contributed by atoms with E-state index >= 15 is 0 Å². The topological polar surface area (TPSA) is 26.3 Å². The van der Waals surface area contributed by atoms with E-state index in [1.807, 2.05) is 24.3 Å². The van der Waals surface area contributed by atoms with Crippen LogP contribution >= 0.6 is 15.9 Å². The monoisotopic (exact) mass is 280 g/mol. The number of ketones is 1. The maximum absolute atomic E-state index is 11.5. The number of halogens is 1. The van der Waals surface area contributed by atoms with Crippen LogP contribution in [0.2, 0.25) is 0 Å². The maximum atomic E-state index is 11.5. The van der Waals surface area contributed by atoms with Crippen LogP contribution in [0.3, 0.4) is 0 Å². The summed E-state index contributed by atoms with van der Waals surface area (Å²) >= 11 is 3.38. The van der Waals surface area contributed by atoms with Crippen molar-refractivity contribution >= 4 is 21.7 Å². The first-order valence-electron chi connectivity index (χ1n) is 5.24. The van der Waals surface area contributed by atoms with Gasteiger partial charge in [-0.25, -0.2) is 0 Å². The molecule has 2 atom stereocenters. The van der Waals surface area contributed by atoms with Crippen molar-refractivity contribution in [2.24, 2.45) is 0 Å². The van der Waals surface area contributed by atoms with Crippen molar-refractivity contribution in [3.05, 3.63) is 47.0 Å². The molecule has 2 nitrogen and oxygen atoms in total. The molecule has 0 bridgehead atoms. The molecule has 3 heteroatoms. The Kier molecular flexibility index (Phi) is 3.56. The Labute approximate surface area is 103 Å². The molecule has 1 fully saturated rings. The molecule has 1 saturated heterocycles. The molecule has 1 heterocycles. The Hall–Kier alpha value is -0.930. The highest BCUT2D eigenvalue weighted by Gasteiger charge is 2.27. The SMILES string of the molecule is C=C[C@@H]1CC(=O)C[C@@H](c2ccc(Br)cc2)O1. The van der Waals surface area contributed by atoms with Gasteiger partial charge in [0.1, 0.15) is 5.78 Å². The molecule has 0 saturated carbocycles. The Bertz CT molecular complexity index is 397. The van der Waals surface area contributed by atoms with E-state index in [-0.39, 0.29) is 18.0 Å². The number of ether oxygens (including phenoxy) is 1. The summed E-state index contributed by atoms with van der Waals surface area (Å²) in [5, 5.41) is 0. The number of carbonyl (C=O) groups is 1. The van der Waals surface area contributed by atoms with E-state index in [1.54, 1.807) is 6.08 Å². The van der Waals surface area contributed by atoms with E-state index < -0.39 is 0 Å². The fraction of sp³-hybridized carbons (Fsp3) is 0.308. The minimum absolute atomic E-state index is 0.127. The van der Waals surface area contributed by atoms with Gasteiger partial charge in [-0.2, -0.15) is 0 Å². The summed E-state index contributed by atoms with van der Waals surface area (Å²) in [6.07, 6.45) is 2.35. The van der Waals surface area contributed by atoms with Crippen LogP contribution in [0.4, 0.5) is 0 Å². The molecule has 0 aliphatic carbocycles. The van der Waals surface area contributed by atoms with Crippen molar-refractivity contribution in [3.8, 4) is 0 Å². The van der Waals surface area contributed by atoms with Crippen LogP contribution in [0.5, 0.6) is 0 Å². The quantitative estimate of drug-likeness (QED) is 0.776. The molecule has 0 amide bonds. The van der Waals surface area contributed by atoms with Gasteiger partial charge in [-0.05, 0) is 17.7 Å². The summed E-state index contributed by atoms with van der Waals surface area (Å²) in [6.45, 7) is 3.68. The molecule has 0 unspecified atom stereocenters. The van der Waals surface area contributed by atoms with Gasteiger partial charge in [0.2, 0.25) is 0 Å². The van der Waals surface area contributed by atoms with Gasteiger partial charge in [-0.15, -0.1) is 6.58 Å². The van der Waals surface area contributed by atoms with Crippen LogP contribution in [0.25, 0.3) is 0 Å². The molecule has 16 heavy (non-hydrogen) atoms. The Morgan fingerprint density at radius 2 is 2.00 bits per heavy atom. The second-order valence-corrected chi connectivity index (χ2v) is 4.81. The fourth-order valence-corrected chi connectivity index (χ4v) is 2.10. The zero-order valence-electron chi connectivity index (χ0n) is 8.86. The molecule has 0 radical (unpaired) electrons. The second kappa shape index (κ2) is 4.93. The summed E-state index contributed by atoms with van der Waals surface area (Å²) in [4.78, 5) is 11.5. The standard InChI is InChI=1S/C13H13BrO2/c1-2-12-7-11(15)8-13(16-12)9-3-5-10(14)6-4-9/h2-6,12-13H,1,7-8H2/t12-,13+/m1/s1. The van der Waals surface area contributed by atoms with E-state index in [0.717, 1.165) is 10.0 Å². The maximum Gasteiger partial charge on any atom is 0.138 e. The van der Waals surface area contributed by atoms with Crippen molar-refractivity contribution < 1.29 is 9.53 Å². The summed E-state index contributed by atoms with van der Waals surface area (Å²) < 4.78 is 6.80. The zero-order valence-corrected chi connectivity index (χ0v) is 10.4. The van der Waals surface area contributed by atoms with Gasteiger partial charge in [-0.3, -0.25) is 4.79 Å². The van der Waals surface area contributed by atoms with Crippen LogP contribution in [0, 0.1) is 0 Å². The Morgan fingerprint density at radius 1 is 1.31 bits per heavy atom. The number of Topliss-reactive ketones (excluding diaryl/α,β-unsaturated/α-hetero) is 1. The molecule has 1 aromatic rings. The van der Waals surface area contributed by atoms with Gasteiger partial charge in [0.05, 0.1) is 12.2 Å². The van der Waals surface area contributed by atoms with Crippen molar-refractivity contribution in [2.45, 2.75) is 25.0 Å². The first-order valence-corrected chi connectivity index (χ1v) is 6.03. The third-order valence-electron chi connectivity index (χ3n) is 2.69. The van der Waals surface area contributed by atoms with Crippen LogP contribution in [0.1, 0.15) is 24.5 Å². The van der Waals surface area contributed by atoms with E-state index in [4.69, 9.17) is 4.74 Å². The summed E-state index contributed by atoms with van der Waals surface area (Å²) in [6, 6.07) is 7.88. The predicted octanol–water partition coefficient (Wildman–Crippen LogP) is 3.42. The molecular formula is C13H13BrO2. The summed E-state index contributed by atoms with van der Waals surface area (Å²) in [7, 11) is 0. The van der Waals surface area contributed by atoms with Crippen LogP contribution < -0.4 is 0 Å². The van der Waals surface area contributed by atoms with Crippen molar-refractivity contribution in [1.29, 1.82) is 0 Å². The third-order valence-corrected chi connectivity index (χ3v) is 3.21. The minimum atomic E-state index is -0.144. The van der Waals surface area contributed by atoms with Crippen LogP contribution in [-0.4, -0.2) is 11.9 Å². The van der Waals surface area contributed by atoms with Crippen molar-refractivity contribution in [2.75, 3.05) is 0 Å². The van der Waals surface area contributed by atoms with Crippen molar-refractivity contribution in [1.82, 2.24) is 0 Å². The molecule has 2 rings (SSSR count). The lowest BCUT2D eigenvalue weighted by Crippen LogP contribution is -2.26. The van der Waals surface area contributed by atoms with Gasteiger partial charge in [0, 0.05) is 17.3 Å². The fourth-order valence-electron chi connectivity index (χ4n) is 1.83. The number of carbonyl (C=O) groups excluding carboxylic acids is 1. The average Bonchev–Trinajstić information content (AvgIpc) is 2.29. The van der Waals surface area contributed by atoms with E-state index in [0.29, 0.717) is 12.8 Å². The first kappa shape index (κ1) is 11.6. The first-order chi connectivity index (χ1) is 7.69. The van der Waals surface area contributed by atoms with Crippen LogP contribution in [0.15, 0.2) is 41.4 Å².